The number of carbonyl (C=O) groups is 2. The Balaban J connectivity index is 2.36. The van der Waals surface area contributed by atoms with Crippen LogP contribution in [-0.2, 0) is 14.3 Å². The Hall–Kier alpha value is -2.04. The molecule has 1 aliphatic rings. The highest BCUT2D eigenvalue weighted by molar-refractivity contribution is 5.92. The van der Waals surface area contributed by atoms with Crippen molar-refractivity contribution in [1.29, 1.82) is 0 Å². The smallest absolute Gasteiger partial charge is 0.321 e. The Morgan fingerprint density at radius 3 is 2.61 bits per heavy atom. The molecule has 5 heteroatoms. The Morgan fingerprint density at radius 1 is 1.22 bits per heavy atom. The highest BCUT2D eigenvalue weighted by atomic mass is 16.6. The van der Waals surface area contributed by atoms with Gasteiger partial charge in [0.2, 0.25) is 0 Å². The van der Waals surface area contributed by atoms with Crippen LogP contribution in [0.1, 0.15) is 24.3 Å². The van der Waals surface area contributed by atoms with Gasteiger partial charge in [-0.3, -0.25) is 9.59 Å². The molecule has 0 spiro atoms. The molecule has 0 bridgehead atoms. The lowest BCUT2D eigenvalue weighted by atomic mass is 9.91. The number of hydrogen-bond donors (Lipinski definition) is 0. The number of hydrogen-bond acceptors (Lipinski definition) is 5. The van der Waals surface area contributed by atoms with Crippen LogP contribution in [0.25, 0.3) is 0 Å². The first-order valence-corrected chi connectivity index (χ1v) is 5.62. The molecule has 1 aromatic carbocycles. The minimum Gasteiger partial charge on any atom is -0.497 e. The molecule has 0 N–H and O–H groups in total. The molecule has 0 amide bonds. The van der Waals surface area contributed by atoms with Gasteiger partial charge in [-0.1, -0.05) is 0 Å². The Bertz CT molecular complexity index is 480. The van der Waals surface area contributed by atoms with E-state index >= 15 is 0 Å². The van der Waals surface area contributed by atoms with Crippen LogP contribution in [-0.4, -0.2) is 26.2 Å². The average Bonchev–Trinajstić information content (AvgIpc) is 2.38. The van der Waals surface area contributed by atoms with Gasteiger partial charge < -0.3 is 14.2 Å². The summed E-state index contributed by atoms with van der Waals surface area (Å²) < 4.78 is 15.0. The summed E-state index contributed by atoms with van der Waals surface area (Å²) in [7, 11) is 3.08. The summed E-state index contributed by atoms with van der Waals surface area (Å²) in [4.78, 5) is 22.8. The van der Waals surface area contributed by atoms with Crippen LogP contribution < -0.4 is 9.47 Å². The maximum Gasteiger partial charge on any atom is 0.321 e. The molecule has 1 aliphatic heterocycles. The van der Waals surface area contributed by atoms with Crippen LogP contribution in [0.15, 0.2) is 18.2 Å². The molecule has 0 aromatic heterocycles. The largest absolute Gasteiger partial charge is 0.497 e. The third-order valence-electron chi connectivity index (χ3n) is 2.95. The summed E-state index contributed by atoms with van der Waals surface area (Å²) in [6.07, 6.45) is 0.665. The second-order valence-electron chi connectivity index (χ2n) is 3.99. The molecule has 1 heterocycles. The number of cyclic esters (lactones) is 2. The van der Waals surface area contributed by atoms with Crippen molar-refractivity contribution in [3.63, 3.8) is 0 Å². The molecule has 1 unspecified atom stereocenters. The van der Waals surface area contributed by atoms with Gasteiger partial charge in [-0.2, -0.15) is 0 Å². The SMILES string of the molecule is COc1ccc(OC)c(C2CCC(=O)OC2=O)c1. The van der Waals surface area contributed by atoms with E-state index < -0.39 is 17.9 Å². The lowest BCUT2D eigenvalue weighted by Gasteiger charge is -2.21. The van der Waals surface area contributed by atoms with Crippen LogP contribution in [0.2, 0.25) is 0 Å². The summed E-state index contributed by atoms with van der Waals surface area (Å²) in [5.41, 5.74) is 0.689. The van der Waals surface area contributed by atoms with Crippen LogP contribution >= 0.6 is 0 Å². The van der Waals surface area contributed by atoms with Crippen molar-refractivity contribution < 1.29 is 23.8 Å². The van der Waals surface area contributed by atoms with E-state index in [0.717, 1.165) is 0 Å². The van der Waals surface area contributed by atoms with E-state index in [0.29, 0.717) is 23.5 Å². The van der Waals surface area contributed by atoms with Crippen molar-refractivity contribution in [3.05, 3.63) is 23.8 Å². The van der Waals surface area contributed by atoms with Crippen molar-refractivity contribution in [2.75, 3.05) is 14.2 Å². The number of carbonyl (C=O) groups excluding carboxylic acids is 2. The van der Waals surface area contributed by atoms with E-state index in [2.05, 4.69) is 4.74 Å². The lowest BCUT2D eigenvalue weighted by molar-refractivity contribution is -0.164. The molecule has 1 atom stereocenters. The minimum absolute atomic E-state index is 0.233. The van der Waals surface area contributed by atoms with Crippen molar-refractivity contribution in [1.82, 2.24) is 0 Å². The van der Waals surface area contributed by atoms with Crippen molar-refractivity contribution in [3.8, 4) is 11.5 Å². The number of methoxy groups -OCH3 is 2. The number of rotatable bonds is 3. The molecular weight excluding hydrogens is 236 g/mol. The molecule has 5 nitrogen and oxygen atoms in total. The molecule has 18 heavy (non-hydrogen) atoms. The summed E-state index contributed by atoms with van der Waals surface area (Å²) in [5.74, 6) is -0.258. The predicted octanol–water partition coefficient (Wildman–Crippen LogP) is 1.65. The van der Waals surface area contributed by atoms with E-state index in [9.17, 15) is 9.59 Å². The van der Waals surface area contributed by atoms with E-state index in [4.69, 9.17) is 9.47 Å². The second kappa shape index (κ2) is 5.08. The molecule has 1 saturated heterocycles. The first-order valence-electron chi connectivity index (χ1n) is 5.62. The van der Waals surface area contributed by atoms with E-state index in [1.165, 1.54) is 7.11 Å². The summed E-state index contributed by atoms with van der Waals surface area (Å²) in [6.45, 7) is 0. The number of ether oxygens (including phenoxy) is 3. The summed E-state index contributed by atoms with van der Waals surface area (Å²) >= 11 is 0. The molecule has 0 aliphatic carbocycles. The van der Waals surface area contributed by atoms with E-state index in [1.807, 2.05) is 0 Å². The minimum atomic E-state index is -0.530. The fraction of sp³-hybridized carbons (Fsp3) is 0.385. The summed E-state index contributed by atoms with van der Waals surface area (Å²) in [6, 6.07) is 5.22. The molecule has 0 saturated carbocycles. The van der Waals surface area contributed by atoms with Gasteiger partial charge in [0.25, 0.3) is 0 Å². The van der Waals surface area contributed by atoms with Crippen LogP contribution in [0, 0.1) is 0 Å². The summed E-state index contributed by atoms with van der Waals surface area (Å²) in [5, 5.41) is 0. The standard InChI is InChI=1S/C13H14O5/c1-16-8-3-5-11(17-2)10(7-8)9-4-6-12(14)18-13(9)15/h3,5,7,9H,4,6H2,1-2H3. The van der Waals surface area contributed by atoms with Gasteiger partial charge in [0.15, 0.2) is 0 Å². The fourth-order valence-electron chi connectivity index (χ4n) is 2.01. The first kappa shape index (κ1) is 12.4. The van der Waals surface area contributed by atoms with Crippen molar-refractivity contribution in [2.24, 2.45) is 0 Å². The lowest BCUT2D eigenvalue weighted by Crippen LogP contribution is -2.26. The molecule has 1 aromatic rings. The molecule has 0 radical (unpaired) electrons. The zero-order chi connectivity index (χ0) is 13.1. The quantitative estimate of drug-likeness (QED) is 0.603. The Labute approximate surface area is 105 Å². The molecule has 96 valence electrons. The van der Waals surface area contributed by atoms with Crippen LogP contribution in [0.5, 0.6) is 11.5 Å². The van der Waals surface area contributed by atoms with Crippen molar-refractivity contribution >= 4 is 11.9 Å². The highest BCUT2D eigenvalue weighted by Gasteiger charge is 2.32. The predicted molar refractivity (Wildman–Crippen MR) is 62.6 cm³/mol. The first-order chi connectivity index (χ1) is 8.65. The van der Waals surface area contributed by atoms with E-state index in [1.54, 1.807) is 25.3 Å². The zero-order valence-electron chi connectivity index (χ0n) is 10.3. The maximum absolute atomic E-state index is 11.7. The topological polar surface area (TPSA) is 61.8 Å². The highest BCUT2D eigenvalue weighted by Crippen LogP contribution is 2.35. The third-order valence-corrected chi connectivity index (χ3v) is 2.95. The Kier molecular flexibility index (Phi) is 3.50. The second-order valence-corrected chi connectivity index (χ2v) is 3.99. The normalized spacial score (nSPS) is 19.3. The Morgan fingerprint density at radius 2 is 2.00 bits per heavy atom. The van der Waals surface area contributed by atoms with Gasteiger partial charge >= 0.3 is 11.9 Å². The molecule has 1 fully saturated rings. The van der Waals surface area contributed by atoms with E-state index in [-0.39, 0.29) is 6.42 Å². The van der Waals surface area contributed by atoms with Gasteiger partial charge in [0.05, 0.1) is 20.1 Å². The molecule has 2 rings (SSSR count). The van der Waals surface area contributed by atoms with Gasteiger partial charge in [0, 0.05) is 12.0 Å². The molecular formula is C13H14O5. The monoisotopic (exact) mass is 250 g/mol. The third kappa shape index (κ3) is 2.30. The number of esters is 2. The van der Waals surface area contributed by atoms with Gasteiger partial charge in [-0.05, 0) is 24.6 Å². The van der Waals surface area contributed by atoms with Gasteiger partial charge in [-0.15, -0.1) is 0 Å². The fourth-order valence-corrected chi connectivity index (χ4v) is 2.01. The van der Waals surface area contributed by atoms with Crippen molar-refractivity contribution in [2.45, 2.75) is 18.8 Å². The zero-order valence-corrected chi connectivity index (χ0v) is 10.3. The van der Waals surface area contributed by atoms with Crippen LogP contribution in [0.4, 0.5) is 0 Å². The average molecular weight is 250 g/mol. The van der Waals surface area contributed by atoms with Gasteiger partial charge in [0.1, 0.15) is 11.5 Å². The number of benzene rings is 1. The van der Waals surface area contributed by atoms with Gasteiger partial charge in [-0.25, -0.2) is 0 Å². The maximum atomic E-state index is 11.7. The van der Waals surface area contributed by atoms with Crippen LogP contribution in [0.3, 0.4) is 0 Å².